The van der Waals surface area contributed by atoms with Crippen LogP contribution in [0.1, 0.15) is 29.6 Å². The van der Waals surface area contributed by atoms with E-state index in [9.17, 15) is 9.59 Å². The Hall–Kier alpha value is -2.30. The van der Waals surface area contributed by atoms with Crippen LogP contribution in [-0.2, 0) is 0 Å². The summed E-state index contributed by atoms with van der Waals surface area (Å²) < 4.78 is 10.4. The predicted octanol–water partition coefficient (Wildman–Crippen LogP) is 2.43. The lowest BCUT2D eigenvalue weighted by Crippen LogP contribution is -2.37. The van der Waals surface area contributed by atoms with Gasteiger partial charge in [0.1, 0.15) is 16.9 Å². The molecular formula is C16H17NO4. The Bertz CT molecular complexity index is 729. The number of benzene rings is 1. The van der Waals surface area contributed by atoms with Crippen molar-refractivity contribution in [2.75, 3.05) is 20.2 Å². The molecule has 21 heavy (non-hydrogen) atoms. The Balaban J connectivity index is 2.00. The maximum Gasteiger partial charge on any atom is 0.349 e. The molecule has 1 aromatic carbocycles. The van der Waals surface area contributed by atoms with Crippen molar-refractivity contribution < 1.29 is 13.9 Å². The van der Waals surface area contributed by atoms with Gasteiger partial charge in [0.15, 0.2) is 0 Å². The average Bonchev–Trinajstić information content (AvgIpc) is 2.53. The van der Waals surface area contributed by atoms with Gasteiger partial charge in [0, 0.05) is 24.5 Å². The fourth-order valence-corrected chi connectivity index (χ4v) is 2.63. The topological polar surface area (TPSA) is 59.8 Å². The number of hydrogen-bond acceptors (Lipinski definition) is 4. The maximum absolute atomic E-state index is 12.4. The first-order chi connectivity index (χ1) is 10.2. The molecule has 1 fully saturated rings. The lowest BCUT2D eigenvalue weighted by atomic mass is 10.1. The second kappa shape index (κ2) is 5.60. The van der Waals surface area contributed by atoms with E-state index in [4.69, 9.17) is 9.15 Å². The smallest absolute Gasteiger partial charge is 0.349 e. The third-order valence-corrected chi connectivity index (χ3v) is 3.82. The number of rotatable bonds is 2. The summed E-state index contributed by atoms with van der Waals surface area (Å²) in [5.74, 6) is 0.377. The molecule has 1 aliphatic rings. The minimum Gasteiger partial charge on any atom is -0.497 e. The third-order valence-electron chi connectivity index (χ3n) is 3.82. The molecule has 1 aliphatic heterocycles. The van der Waals surface area contributed by atoms with E-state index in [2.05, 4.69) is 0 Å². The van der Waals surface area contributed by atoms with Gasteiger partial charge in [-0.15, -0.1) is 0 Å². The number of amides is 1. The highest BCUT2D eigenvalue weighted by atomic mass is 16.5. The Kier molecular flexibility index (Phi) is 3.64. The number of hydrogen-bond donors (Lipinski definition) is 0. The lowest BCUT2D eigenvalue weighted by Gasteiger charge is -2.26. The summed E-state index contributed by atoms with van der Waals surface area (Å²) >= 11 is 0. The second-order valence-corrected chi connectivity index (χ2v) is 5.20. The molecule has 0 aliphatic carbocycles. The molecule has 5 heteroatoms. The van der Waals surface area contributed by atoms with Crippen LogP contribution in [-0.4, -0.2) is 31.0 Å². The highest BCUT2D eigenvalue weighted by molar-refractivity contribution is 5.96. The molecule has 0 N–H and O–H groups in total. The summed E-state index contributed by atoms with van der Waals surface area (Å²) in [7, 11) is 1.55. The van der Waals surface area contributed by atoms with Gasteiger partial charge in [0.25, 0.3) is 5.91 Å². The number of ether oxygens (including phenoxy) is 1. The Labute approximate surface area is 122 Å². The SMILES string of the molecule is COc1ccc2cc(C(=O)N3CCCCC3)c(=O)oc2c1. The summed E-state index contributed by atoms with van der Waals surface area (Å²) in [5.41, 5.74) is -0.0598. The van der Waals surface area contributed by atoms with E-state index in [1.165, 1.54) is 0 Å². The molecule has 0 saturated carbocycles. The minimum absolute atomic E-state index is 0.106. The molecule has 1 amide bonds. The van der Waals surface area contributed by atoms with E-state index in [0.717, 1.165) is 24.6 Å². The standard InChI is InChI=1S/C16H17NO4/c1-20-12-6-5-11-9-13(16(19)21-14(11)10-12)15(18)17-7-3-2-4-8-17/h5-6,9-10H,2-4,7-8H2,1H3. The van der Waals surface area contributed by atoms with Crippen molar-refractivity contribution >= 4 is 16.9 Å². The molecule has 0 radical (unpaired) electrons. The van der Waals surface area contributed by atoms with E-state index in [1.54, 1.807) is 36.3 Å². The number of nitrogens with zero attached hydrogens (tertiary/aromatic N) is 1. The first kappa shape index (κ1) is 13.7. The first-order valence-corrected chi connectivity index (χ1v) is 7.10. The minimum atomic E-state index is -0.591. The van der Waals surface area contributed by atoms with Crippen LogP contribution >= 0.6 is 0 Å². The fourth-order valence-electron chi connectivity index (χ4n) is 2.63. The highest BCUT2D eigenvalue weighted by Crippen LogP contribution is 2.21. The third kappa shape index (κ3) is 2.63. The van der Waals surface area contributed by atoms with Crippen molar-refractivity contribution in [2.45, 2.75) is 19.3 Å². The lowest BCUT2D eigenvalue weighted by molar-refractivity contribution is 0.0720. The zero-order chi connectivity index (χ0) is 14.8. The van der Waals surface area contributed by atoms with Crippen molar-refractivity contribution in [2.24, 2.45) is 0 Å². The van der Waals surface area contributed by atoms with Crippen molar-refractivity contribution in [3.63, 3.8) is 0 Å². The van der Waals surface area contributed by atoms with Gasteiger partial charge >= 0.3 is 5.63 Å². The highest BCUT2D eigenvalue weighted by Gasteiger charge is 2.22. The van der Waals surface area contributed by atoms with E-state index in [1.807, 2.05) is 0 Å². The molecule has 0 unspecified atom stereocenters. The van der Waals surface area contributed by atoms with Crippen LogP contribution < -0.4 is 10.4 Å². The van der Waals surface area contributed by atoms with Crippen molar-refractivity contribution in [1.82, 2.24) is 4.90 Å². The van der Waals surface area contributed by atoms with Crippen molar-refractivity contribution in [1.29, 1.82) is 0 Å². The maximum atomic E-state index is 12.4. The second-order valence-electron chi connectivity index (χ2n) is 5.20. The largest absolute Gasteiger partial charge is 0.497 e. The Morgan fingerprint density at radius 3 is 2.67 bits per heavy atom. The fraction of sp³-hybridized carbons (Fsp3) is 0.375. The number of carbonyl (C=O) groups excluding carboxylic acids is 1. The Morgan fingerprint density at radius 2 is 1.95 bits per heavy atom. The molecule has 1 aromatic heterocycles. The normalized spacial score (nSPS) is 15.2. The number of likely N-dealkylation sites (tertiary alicyclic amines) is 1. The van der Waals surface area contributed by atoms with Crippen LogP contribution in [0, 0.1) is 0 Å². The molecule has 110 valence electrons. The molecule has 0 atom stereocenters. The molecule has 1 saturated heterocycles. The van der Waals surface area contributed by atoms with Crippen LogP contribution in [0.15, 0.2) is 33.5 Å². The first-order valence-electron chi connectivity index (χ1n) is 7.10. The molecule has 5 nitrogen and oxygen atoms in total. The zero-order valence-electron chi connectivity index (χ0n) is 11.9. The molecule has 2 aromatic rings. The monoisotopic (exact) mass is 287 g/mol. The van der Waals surface area contributed by atoms with E-state index in [0.29, 0.717) is 24.4 Å². The summed E-state index contributed by atoms with van der Waals surface area (Å²) in [6.45, 7) is 1.41. The number of methoxy groups -OCH3 is 1. The van der Waals surface area contributed by atoms with Crippen LogP contribution in [0.2, 0.25) is 0 Å². The van der Waals surface area contributed by atoms with Gasteiger partial charge in [-0.1, -0.05) is 0 Å². The number of piperidine rings is 1. The summed E-state index contributed by atoms with van der Waals surface area (Å²) in [6.07, 6.45) is 3.11. The Morgan fingerprint density at radius 1 is 1.19 bits per heavy atom. The van der Waals surface area contributed by atoms with Crippen LogP contribution in [0.4, 0.5) is 0 Å². The molecule has 0 bridgehead atoms. The molecule has 0 spiro atoms. The van der Waals surface area contributed by atoms with E-state index < -0.39 is 5.63 Å². The molecule has 3 rings (SSSR count). The van der Waals surface area contributed by atoms with E-state index in [-0.39, 0.29) is 11.5 Å². The summed E-state index contributed by atoms with van der Waals surface area (Å²) in [4.78, 5) is 26.2. The van der Waals surface area contributed by atoms with Crippen LogP contribution in [0.3, 0.4) is 0 Å². The number of carbonyl (C=O) groups is 1. The molecule has 2 heterocycles. The van der Waals surface area contributed by atoms with Crippen LogP contribution in [0.25, 0.3) is 11.0 Å². The summed E-state index contributed by atoms with van der Waals surface area (Å²) in [5, 5.41) is 0.718. The van der Waals surface area contributed by atoms with Gasteiger partial charge in [-0.3, -0.25) is 4.79 Å². The predicted molar refractivity (Wildman–Crippen MR) is 78.8 cm³/mol. The van der Waals surface area contributed by atoms with Crippen molar-refractivity contribution in [3.8, 4) is 5.75 Å². The summed E-state index contributed by atoms with van der Waals surface area (Å²) in [6, 6.07) is 6.81. The van der Waals surface area contributed by atoms with E-state index >= 15 is 0 Å². The zero-order valence-corrected chi connectivity index (χ0v) is 11.9. The van der Waals surface area contributed by atoms with Gasteiger partial charge in [0.2, 0.25) is 0 Å². The van der Waals surface area contributed by atoms with Crippen molar-refractivity contribution in [3.05, 3.63) is 40.2 Å². The van der Waals surface area contributed by atoms with Gasteiger partial charge in [0.05, 0.1) is 7.11 Å². The average molecular weight is 287 g/mol. The quantitative estimate of drug-likeness (QED) is 0.796. The number of fused-ring (bicyclic) bond motifs is 1. The van der Waals surface area contributed by atoms with Gasteiger partial charge in [-0.25, -0.2) is 4.79 Å². The molecular weight excluding hydrogens is 270 g/mol. The van der Waals surface area contributed by atoms with Gasteiger partial charge < -0.3 is 14.1 Å². The van der Waals surface area contributed by atoms with Gasteiger partial charge in [-0.05, 0) is 37.5 Å². The van der Waals surface area contributed by atoms with Crippen LogP contribution in [0.5, 0.6) is 5.75 Å². The van der Waals surface area contributed by atoms with Gasteiger partial charge in [-0.2, -0.15) is 0 Å².